The van der Waals surface area contributed by atoms with Crippen LogP contribution in [0.25, 0.3) is 0 Å². The third-order valence-electron chi connectivity index (χ3n) is 7.46. The van der Waals surface area contributed by atoms with Gasteiger partial charge in [0.25, 0.3) is 5.91 Å². The van der Waals surface area contributed by atoms with Crippen LogP contribution >= 0.6 is 0 Å². The van der Waals surface area contributed by atoms with Gasteiger partial charge in [0, 0.05) is 82.3 Å². The lowest BCUT2D eigenvalue weighted by Crippen LogP contribution is -2.52. The molecule has 8 nitrogen and oxygen atoms in total. The van der Waals surface area contributed by atoms with Crippen molar-refractivity contribution in [3.05, 3.63) is 58.4 Å². The van der Waals surface area contributed by atoms with E-state index in [0.717, 1.165) is 44.0 Å². The molecule has 0 aliphatic carbocycles. The predicted octanol–water partition coefficient (Wildman–Crippen LogP) is 2.28. The maximum absolute atomic E-state index is 14.6. The first kappa shape index (κ1) is 24.2. The molecule has 3 aliphatic rings. The number of hydrogen-bond acceptors (Lipinski definition) is 6. The van der Waals surface area contributed by atoms with Crippen molar-refractivity contribution >= 4 is 29.1 Å². The number of fused-ring (bicyclic) bond motifs is 1. The van der Waals surface area contributed by atoms with Crippen LogP contribution in [0.15, 0.2) is 30.3 Å². The van der Waals surface area contributed by atoms with Gasteiger partial charge in [0.1, 0.15) is 11.9 Å². The molecule has 1 N–H and O–H groups in total. The number of hydrogen-bond donors (Lipinski definition) is 1. The van der Waals surface area contributed by atoms with Crippen LogP contribution in [-0.4, -0.2) is 73.8 Å². The van der Waals surface area contributed by atoms with E-state index in [1.54, 1.807) is 0 Å². The molecule has 0 aromatic heterocycles. The highest BCUT2D eigenvalue weighted by molar-refractivity contribution is 6.06. The quantitative estimate of drug-likeness (QED) is 0.645. The lowest BCUT2D eigenvalue weighted by atomic mass is 10.0. The molecule has 0 saturated carbocycles. The maximum Gasteiger partial charge on any atom is 0.255 e. The minimum absolute atomic E-state index is 0.192. The molecule has 2 aromatic rings. The number of piperazine rings is 1. The second kappa shape index (κ2) is 9.54. The Morgan fingerprint density at radius 3 is 2.47 bits per heavy atom. The Morgan fingerprint density at radius 1 is 1.06 bits per heavy atom. The SMILES string of the molecule is Cc1cc(CN2CCN(c3cc(F)cc4c3CN(C3CCC(=O)NC3=O)C4=O)CC2)ccc1N(C)C. The number of rotatable bonds is 5. The van der Waals surface area contributed by atoms with Crippen molar-refractivity contribution < 1.29 is 18.8 Å². The van der Waals surface area contributed by atoms with Crippen LogP contribution < -0.4 is 15.1 Å². The molecular weight excluding hydrogens is 461 g/mol. The summed E-state index contributed by atoms with van der Waals surface area (Å²) in [5, 5.41) is 2.32. The van der Waals surface area contributed by atoms with E-state index in [1.807, 2.05) is 14.1 Å². The summed E-state index contributed by atoms with van der Waals surface area (Å²) >= 11 is 0. The molecule has 3 amide bonds. The lowest BCUT2D eigenvalue weighted by Gasteiger charge is -2.37. The van der Waals surface area contributed by atoms with E-state index in [-0.39, 0.29) is 31.2 Å². The van der Waals surface area contributed by atoms with Crippen molar-refractivity contribution in [3.8, 4) is 0 Å². The van der Waals surface area contributed by atoms with Gasteiger partial charge in [-0.15, -0.1) is 0 Å². The van der Waals surface area contributed by atoms with Crippen molar-refractivity contribution in [2.45, 2.75) is 38.9 Å². The van der Waals surface area contributed by atoms with Crippen LogP contribution in [0, 0.1) is 12.7 Å². The molecule has 2 fully saturated rings. The zero-order valence-electron chi connectivity index (χ0n) is 21.0. The van der Waals surface area contributed by atoms with Crippen LogP contribution in [0.5, 0.6) is 0 Å². The van der Waals surface area contributed by atoms with Gasteiger partial charge in [0.2, 0.25) is 11.8 Å². The summed E-state index contributed by atoms with van der Waals surface area (Å²) in [6.07, 6.45) is 0.479. The summed E-state index contributed by atoms with van der Waals surface area (Å²) in [6.45, 7) is 6.31. The van der Waals surface area contributed by atoms with Crippen molar-refractivity contribution in [1.82, 2.24) is 15.1 Å². The van der Waals surface area contributed by atoms with Crippen LogP contribution in [-0.2, 0) is 22.7 Å². The minimum atomic E-state index is -0.710. The summed E-state index contributed by atoms with van der Waals surface area (Å²) in [5.41, 5.74) is 5.52. The Labute approximate surface area is 210 Å². The predicted molar refractivity (Wildman–Crippen MR) is 135 cm³/mol. The fraction of sp³-hybridized carbons (Fsp3) is 0.444. The molecule has 2 aromatic carbocycles. The summed E-state index contributed by atoms with van der Waals surface area (Å²) < 4.78 is 14.6. The second-order valence-electron chi connectivity index (χ2n) is 10.1. The highest BCUT2D eigenvalue weighted by Crippen LogP contribution is 2.35. The Morgan fingerprint density at radius 2 is 1.81 bits per heavy atom. The molecule has 3 heterocycles. The third kappa shape index (κ3) is 4.55. The number of anilines is 2. The van der Waals surface area contributed by atoms with E-state index in [4.69, 9.17) is 0 Å². The topological polar surface area (TPSA) is 76.2 Å². The number of nitrogens with zero attached hydrogens (tertiary/aromatic N) is 4. The largest absolute Gasteiger partial charge is 0.377 e. The summed E-state index contributed by atoms with van der Waals surface area (Å²) in [6, 6.07) is 8.61. The highest BCUT2D eigenvalue weighted by Gasteiger charge is 2.41. The third-order valence-corrected chi connectivity index (χ3v) is 7.46. The molecule has 0 bridgehead atoms. The standard InChI is InChI=1S/C27H32FN5O3/c1-17-12-18(4-5-22(17)30(2)3)15-31-8-10-32(11-9-31)24-14-19(28)13-20-21(24)16-33(27(20)36)23-6-7-25(34)29-26(23)35/h4-5,12-14,23H,6-11,15-16H2,1-3H3,(H,29,34,35). The van der Waals surface area contributed by atoms with Gasteiger partial charge in [-0.3, -0.25) is 24.6 Å². The second-order valence-corrected chi connectivity index (χ2v) is 10.1. The van der Waals surface area contributed by atoms with Crippen molar-refractivity contribution in [3.63, 3.8) is 0 Å². The highest BCUT2D eigenvalue weighted by atomic mass is 19.1. The Balaban J connectivity index is 1.28. The maximum atomic E-state index is 14.6. The summed E-state index contributed by atoms with van der Waals surface area (Å²) in [4.78, 5) is 45.2. The molecule has 0 spiro atoms. The van der Waals surface area contributed by atoms with Crippen LogP contribution in [0.1, 0.15) is 39.9 Å². The zero-order valence-corrected chi connectivity index (χ0v) is 21.0. The summed E-state index contributed by atoms with van der Waals surface area (Å²) in [5.74, 6) is -1.60. The van der Waals surface area contributed by atoms with Gasteiger partial charge in [0.15, 0.2) is 0 Å². The average molecular weight is 494 g/mol. The lowest BCUT2D eigenvalue weighted by molar-refractivity contribution is -0.136. The van der Waals surface area contributed by atoms with Crippen molar-refractivity contribution in [1.29, 1.82) is 0 Å². The molecule has 3 aliphatic heterocycles. The van der Waals surface area contributed by atoms with Gasteiger partial charge >= 0.3 is 0 Å². The number of nitrogens with one attached hydrogen (secondary N) is 1. The monoisotopic (exact) mass is 493 g/mol. The van der Waals surface area contributed by atoms with Crippen LogP contribution in [0.3, 0.4) is 0 Å². The molecule has 1 atom stereocenters. The molecule has 190 valence electrons. The fourth-order valence-electron chi connectivity index (χ4n) is 5.61. The number of halogens is 1. The normalized spacial score (nSPS) is 20.6. The van der Waals surface area contributed by atoms with E-state index in [9.17, 15) is 18.8 Å². The van der Waals surface area contributed by atoms with E-state index in [0.29, 0.717) is 5.56 Å². The van der Waals surface area contributed by atoms with Crippen LogP contribution in [0.4, 0.5) is 15.8 Å². The number of piperidine rings is 1. The first-order valence-electron chi connectivity index (χ1n) is 12.4. The number of benzene rings is 2. The molecule has 1 unspecified atom stereocenters. The van der Waals surface area contributed by atoms with Gasteiger partial charge in [-0.05, 0) is 42.7 Å². The van der Waals surface area contributed by atoms with E-state index >= 15 is 0 Å². The number of aryl methyl sites for hydroxylation is 1. The van der Waals surface area contributed by atoms with Crippen molar-refractivity contribution in [2.24, 2.45) is 0 Å². The number of carbonyl (C=O) groups excluding carboxylic acids is 3. The molecule has 5 rings (SSSR count). The molecular formula is C27H32FN5O3. The molecule has 36 heavy (non-hydrogen) atoms. The van der Waals surface area contributed by atoms with Crippen molar-refractivity contribution in [2.75, 3.05) is 50.1 Å². The van der Waals surface area contributed by atoms with Gasteiger partial charge < -0.3 is 14.7 Å². The van der Waals surface area contributed by atoms with Gasteiger partial charge in [-0.2, -0.15) is 0 Å². The summed E-state index contributed by atoms with van der Waals surface area (Å²) in [7, 11) is 4.09. The van der Waals surface area contributed by atoms with Gasteiger partial charge in [-0.25, -0.2) is 4.39 Å². The number of carbonyl (C=O) groups is 3. The smallest absolute Gasteiger partial charge is 0.255 e. The number of imide groups is 1. The zero-order chi connectivity index (χ0) is 25.6. The Hall–Kier alpha value is -3.46. The Kier molecular flexibility index (Phi) is 6.42. The first-order valence-corrected chi connectivity index (χ1v) is 12.4. The first-order chi connectivity index (χ1) is 17.2. The minimum Gasteiger partial charge on any atom is -0.377 e. The van der Waals surface area contributed by atoms with E-state index in [1.165, 1.54) is 33.8 Å². The van der Waals surface area contributed by atoms with E-state index < -0.39 is 17.8 Å². The molecule has 2 saturated heterocycles. The fourth-order valence-corrected chi connectivity index (χ4v) is 5.61. The van der Waals surface area contributed by atoms with E-state index in [2.05, 4.69) is 45.1 Å². The molecule has 0 radical (unpaired) electrons. The molecule has 9 heteroatoms. The average Bonchev–Trinajstić information content (AvgIpc) is 3.15. The number of amides is 3. The van der Waals surface area contributed by atoms with Crippen LogP contribution in [0.2, 0.25) is 0 Å². The Bertz CT molecular complexity index is 1220. The van der Waals surface area contributed by atoms with Gasteiger partial charge in [0.05, 0.1) is 0 Å². The van der Waals surface area contributed by atoms with Gasteiger partial charge in [-0.1, -0.05) is 12.1 Å².